The summed E-state index contributed by atoms with van der Waals surface area (Å²) in [6.07, 6.45) is 2.18. The topological polar surface area (TPSA) is 74.2 Å². The average Bonchev–Trinajstić information content (AvgIpc) is 2.85. The molecule has 0 aliphatic rings. The first kappa shape index (κ1) is 15.9. The lowest BCUT2D eigenvalue weighted by molar-refractivity contribution is 0.104. The molecule has 0 saturated heterocycles. The number of carbonyl (C=O) groups is 1. The van der Waals surface area contributed by atoms with E-state index in [1.807, 2.05) is 26.2 Å². The van der Waals surface area contributed by atoms with Crippen molar-refractivity contribution in [2.24, 2.45) is 5.92 Å². The number of aromatic nitrogens is 1. The number of urea groups is 1. The van der Waals surface area contributed by atoms with Gasteiger partial charge in [0.15, 0.2) is 5.13 Å². The molecule has 0 aromatic carbocycles. The summed E-state index contributed by atoms with van der Waals surface area (Å²) in [6.45, 7) is 6.37. The number of thiazole rings is 1. The number of rotatable bonds is 7. The van der Waals surface area contributed by atoms with E-state index in [0.29, 0.717) is 5.13 Å². The van der Waals surface area contributed by atoms with Crippen LogP contribution in [0.2, 0.25) is 0 Å². The molecule has 1 atom stereocenters. The second-order valence-electron chi connectivity index (χ2n) is 4.48. The minimum absolute atomic E-state index is 0.229. The molecule has 1 rings (SSSR count). The average molecular weight is 285 g/mol. The van der Waals surface area contributed by atoms with Crippen molar-refractivity contribution in [2.45, 2.75) is 46.1 Å². The van der Waals surface area contributed by atoms with Gasteiger partial charge >= 0.3 is 6.03 Å². The fourth-order valence-electron chi connectivity index (χ4n) is 1.86. The van der Waals surface area contributed by atoms with Crippen molar-refractivity contribution < 1.29 is 9.90 Å². The summed E-state index contributed by atoms with van der Waals surface area (Å²) in [5, 5.41) is 17.8. The number of amides is 2. The third-order valence-corrected chi connectivity index (χ3v) is 4.01. The molecule has 1 aromatic heterocycles. The molecule has 0 aliphatic carbocycles. The standard InChI is InChI=1S/C13H23N3O2S/c1-4-9(5-2)11(17)7-14-12(18)16-13-15-10(6-3)8-19-13/h8-9,11,17H,4-7H2,1-3H3,(H2,14,15,16,18). The molecular formula is C13H23N3O2S. The van der Waals surface area contributed by atoms with Crippen molar-refractivity contribution in [1.82, 2.24) is 10.3 Å². The number of carbonyl (C=O) groups excluding carboxylic acids is 1. The molecule has 1 heterocycles. The SMILES string of the molecule is CCc1csc(NC(=O)NCC(O)C(CC)CC)n1. The van der Waals surface area contributed by atoms with Crippen LogP contribution in [0.15, 0.2) is 5.38 Å². The van der Waals surface area contributed by atoms with Crippen molar-refractivity contribution >= 4 is 22.5 Å². The van der Waals surface area contributed by atoms with Crippen LogP contribution in [0.25, 0.3) is 0 Å². The van der Waals surface area contributed by atoms with Gasteiger partial charge in [0.25, 0.3) is 0 Å². The number of aryl methyl sites for hydroxylation is 1. The van der Waals surface area contributed by atoms with Gasteiger partial charge in [-0.25, -0.2) is 9.78 Å². The van der Waals surface area contributed by atoms with Gasteiger partial charge in [-0.05, 0) is 12.3 Å². The Balaban J connectivity index is 2.35. The van der Waals surface area contributed by atoms with Crippen molar-refractivity contribution in [2.75, 3.05) is 11.9 Å². The van der Waals surface area contributed by atoms with Gasteiger partial charge in [-0.1, -0.05) is 33.6 Å². The molecule has 3 N–H and O–H groups in total. The Morgan fingerprint density at radius 2 is 2.11 bits per heavy atom. The van der Waals surface area contributed by atoms with Crippen LogP contribution in [0, 0.1) is 5.92 Å². The van der Waals surface area contributed by atoms with E-state index < -0.39 is 6.10 Å². The minimum atomic E-state index is -0.497. The molecule has 0 radical (unpaired) electrons. The van der Waals surface area contributed by atoms with Gasteiger partial charge in [-0.15, -0.1) is 11.3 Å². The zero-order chi connectivity index (χ0) is 14.3. The van der Waals surface area contributed by atoms with E-state index in [-0.39, 0.29) is 18.5 Å². The first-order chi connectivity index (χ1) is 9.10. The summed E-state index contributed by atoms with van der Waals surface area (Å²) in [5.41, 5.74) is 0.970. The summed E-state index contributed by atoms with van der Waals surface area (Å²) in [7, 11) is 0. The first-order valence-electron chi connectivity index (χ1n) is 6.77. The number of hydrogen-bond donors (Lipinski definition) is 3. The van der Waals surface area contributed by atoms with Crippen molar-refractivity contribution in [3.05, 3.63) is 11.1 Å². The fraction of sp³-hybridized carbons (Fsp3) is 0.692. The molecule has 0 fully saturated rings. The van der Waals surface area contributed by atoms with Crippen LogP contribution in [0.3, 0.4) is 0 Å². The van der Waals surface area contributed by atoms with Gasteiger partial charge in [-0.3, -0.25) is 5.32 Å². The van der Waals surface area contributed by atoms with Gasteiger partial charge < -0.3 is 10.4 Å². The largest absolute Gasteiger partial charge is 0.391 e. The Hall–Kier alpha value is -1.14. The normalized spacial score (nSPS) is 12.5. The molecule has 0 spiro atoms. The predicted molar refractivity (Wildman–Crippen MR) is 78.6 cm³/mol. The zero-order valence-electron chi connectivity index (χ0n) is 11.8. The van der Waals surface area contributed by atoms with E-state index in [1.165, 1.54) is 11.3 Å². The van der Waals surface area contributed by atoms with E-state index in [1.54, 1.807) is 0 Å². The van der Waals surface area contributed by atoms with E-state index >= 15 is 0 Å². The van der Waals surface area contributed by atoms with Crippen LogP contribution in [-0.2, 0) is 6.42 Å². The lowest BCUT2D eigenvalue weighted by atomic mass is 9.97. The number of anilines is 1. The van der Waals surface area contributed by atoms with Gasteiger partial charge in [0, 0.05) is 11.9 Å². The summed E-state index contributed by atoms with van der Waals surface area (Å²) < 4.78 is 0. The maximum absolute atomic E-state index is 11.6. The van der Waals surface area contributed by atoms with Crippen LogP contribution in [0.4, 0.5) is 9.93 Å². The molecule has 1 aromatic rings. The Bertz CT molecular complexity index is 391. The highest BCUT2D eigenvalue weighted by molar-refractivity contribution is 7.13. The predicted octanol–water partition coefficient (Wildman–Crippen LogP) is 2.62. The molecule has 2 amide bonds. The van der Waals surface area contributed by atoms with Gasteiger partial charge in [-0.2, -0.15) is 0 Å². The van der Waals surface area contributed by atoms with Gasteiger partial charge in [0.05, 0.1) is 11.8 Å². The third-order valence-electron chi connectivity index (χ3n) is 3.20. The maximum Gasteiger partial charge on any atom is 0.321 e. The molecule has 0 aliphatic heterocycles. The smallest absolute Gasteiger partial charge is 0.321 e. The summed E-state index contributed by atoms with van der Waals surface area (Å²) in [4.78, 5) is 15.9. The number of nitrogens with one attached hydrogen (secondary N) is 2. The van der Waals surface area contributed by atoms with Crippen LogP contribution in [0.1, 0.15) is 39.3 Å². The molecule has 1 unspecified atom stereocenters. The number of nitrogens with zero attached hydrogens (tertiary/aromatic N) is 1. The summed E-state index contributed by atoms with van der Waals surface area (Å²) in [6, 6.07) is -0.318. The quantitative estimate of drug-likeness (QED) is 0.721. The van der Waals surface area contributed by atoms with E-state index in [4.69, 9.17) is 0 Å². The molecule has 0 saturated carbocycles. The molecular weight excluding hydrogens is 262 g/mol. The Kier molecular flexibility index (Phi) is 6.80. The molecule has 108 valence electrons. The second-order valence-corrected chi connectivity index (χ2v) is 5.33. The lowest BCUT2D eigenvalue weighted by Crippen LogP contribution is -2.38. The summed E-state index contributed by atoms with van der Waals surface area (Å²) >= 11 is 1.41. The monoisotopic (exact) mass is 285 g/mol. The van der Waals surface area contributed by atoms with E-state index in [2.05, 4.69) is 15.6 Å². The van der Waals surface area contributed by atoms with Crippen molar-refractivity contribution in [3.63, 3.8) is 0 Å². The Labute approximate surface area is 118 Å². The van der Waals surface area contributed by atoms with Gasteiger partial charge in [0.2, 0.25) is 0 Å². The van der Waals surface area contributed by atoms with Crippen molar-refractivity contribution in [1.29, 1.82) is 0 Å². The first-order valence-corrected chi connectivity index (χ1v) is 7.65. The second kappa shape index (κ2) is 8.12. The highest BCUT2D eigenvalue weighted by Gasteiger charge is 2.16. The number of aliphatic hydroxyl groups is 1. The zero-order valence-corrected chi connectivity index (χ0v) is 12.6. The van der Waals surface area contributed by atoms with Crippen LogP contribution in [0.5, 0.6) is 0 Å². The fourth-order valence-corrected chi connectivity index (χ4v) is 2.65. The van der Waals surface area contributed by atoms with Crippen LogP contribution < -0.4 is 10.6 Å². The Morgan fingerprint density at radius 1 is 1.42 bits per heavy atom. The lowest BCUT2D eigenvalue weighted by Gasteiger charge is -2.20. The maximum atomic E-state index is 11.6. The number of hydrogen-bond acceptors (Lipinski definition) is 4. The minimum Gasteiger partial charge on any atom is -0.391 e. The highest BCUT2D eigenvalue weighted by Crippen LogP contribution is 2.15. The molecule has 5 nitrogen and oxygen atoms in total. The number of aliphatic hydroxyl groups excluding tert-OH is 1. The van der Waals surface area contributed by atoms with E-state index in [9.17, 15) is 9.90 Å². The molecule has 0 bridgehead atoms. The highest BCUT2D eigenvalue weighted by atomic mass is 32.1. The molecule has 19 heavy (non-hydrogen) atoms. The van der Waals surface area contributed by atoms with E-state index in [0.717, 1.165) is 25.0 Å². The van der Waals surface area contributed by atoms with Crippen molar-refractivity contribution in [3.8, 4) is 0 Å². The summed E-state index contributed by atoms with van der Waals surface area (Å²) in [5.74, 6) is 0.229. The molecule has 6 heteroatoms. The van der Waals surface area contributed by atoms with Gasteiger partial charge in [0.1, 0.15) is 0 Å². The van der Waals surface area contributed by atoms with Crippen LogP contribution in [-0.4, -0.2) is 28.8 Å². The Morgan fingerprint density at radius 3 is 2.63 bits per heavy atom. The van der Waals surface area contributed by atoms with Crippen LogP contribution >= 0.6 is 11.3 Å². The third kappa shape index (κ3) is 5.16.